The van der Waals surface area contributed by atoms with Crippen LogP contribution in [0.4, 0.5) is 15.8 Å². The molecule has 0 saturated carbocycles. The van der Waals surface area contributed by atoms with E-state index in [1.54, 1.807) is 11.3 Å². The molecule has 0 spiro atoms. The zero-order valence-corrected chi connectivity index (χ0v) is 25.1. The van der Waals surface area contributed by atoms with Gasteiger partial charge in [-0.05, 0) is 56.4 Å². The fourth-order valence-electron chi connectivity index (χ4n) is 7.10. The van der Waals surface area contributed by atoms with Gasteiger partial charge in [-0.15, -0.1) is 11.3 Å². The standard InChI is InChI=1S/C32H35FN6O3S/c1-20(33)32(40)39-16-23-19-41-30-29(38(23)15-21(39)8-11-34)24-9-13-37(27-6-3-7-28-25(27)10-14-43-28)17-26(24)35-31(30)42-18-22-5-4-12-36(22)2/h3,6-7,10,14,21-23H,1,4-5,8-9,12-13,15-19H2,2H3/t21-,22-,23?/m0/s1. The number of likely N-dealkylation sites (tertiary alicyclic amines) is 1. The molecule has 7 rings (SSSR count). The zero-order valence-electron chi connectivity index (χ0n) is 24.3. The molecule has 43 heavy (non-hydrogen) atoms. The number of pyridine rings is 1. The molecule has 2 aromatic heterocycles. The van der Waals surface area contributed by atoms with Gasteiger partial charge in [0.2, 0.25) is 5.75 Å². The number of nitrogens with zero attached hydrogens (tertiary/aromatic N) is 6. The van der Waals surface area contributed by atoms with Crippen LogP contribution in [-0.4, -0.2) is 85.3 Å². The van der Waals surface area contributed by atoms with Crippen molar-refractivity contribution in [2.24, 2.45) is 0 Å². The number of halogens is 1. The van der Waals surface area contributed by atoms with E-state index in [-0.39, 0.29) is 19.0 Å². The quantitative estimate of drug-likeness (QED) is 0.382. The number of benzene rings is 1. The number of rotatable bonds is 6. The summed E-state index contributed by atoms with van der Waals surface area (Å²) in [5.74, 6) is -0.640. The van der Waals surface area contributed by atoms with Crippen LogP contribution in [0.5, 0.6) is 11.6 Å². The number of piperazine rings is 1. The highest BCUT2D eigenvalue weighted by Crippen LogP contribution is 2.48. The average molecular weight is 603 g/mol. The highest BCUT2D eigenvalue weighted by molar-refractivity contribution is 7.17. The molecule has 1 amide bonds. The van der Waals surface area contributed by atoms with Gasteiger partial charge in [-0.25, -0.2) is 9.37 Å². The van der Waals surface area contributed by atoms with Gasteiger partial charge in [-0.1, -0.05) is 12.6 Å². The second-order valence-electron chi connectivity index (χ2n) is 11.9. The SMILES string of the molecule is C=C(F)C(=O)N1CC2COc3c(OC[C@@H]4CCCN4C)nc4c(c3N2C[C@@H]1CC#N)CCN(c1cccc2sccc12)C4. The van der Waals surface area contributed by atoms with Crippen molar-refractivity contribution in [3.05, 3.63) is 53.3 Å². The van der Waals surface area contributed by atoms with Gasteiger partial charge in [0.1, 0.15) is 13.2 Å². The molecule has 6 heterocycles. The van der Waals surface area contributed by atoms with E-state index in [0.29, 0.717) is 44.0 Å². The number of amides is 1. The molecular weight excluding hydrogens is 567 g/mol. The minimum atomic E-state index is -1.01. The molecular formula is C32H35FN6O3S. The van der Waals surface area contributed by atoms with E-state index in [2.05, 4.69) is 64.0 Å². The molecule has 3 atom stereocenters. The maximum atomic E-state index is 14.0. The zero-order chi connectivity index (χ0) is 29.7. The number of nitriles is 1. The number of hydrogen-bond donors (Lipinski definition) is 0. The van der Waals surface area contributed by atoms with Crippen LogP contribution in [-0.2, 0) is 17.8 Å². The molecule has 4 aliphatic rings. The number of carbonyl (C=O) groups excluding carboxylic acids is 1. The summed E-state index contributed by atoms with van der Waals surface area (Å²) < 4.78 is 28.1. The van der Waals surface area contributed by atoms with Crippen molar-refractivity contribution in [2.45, 2.75) is 50.4 Å². The normalized spacial score (nSPS) is 23.3. The van der Waals surface area contributed by atoms with Gasteiger partial charge in [0.25, 0.3) is 11.8 Å². The summed E-state index contributed by atoms with van der Waals surface area (Å²) in [5, 5.41) is 13.0. The lowest BCUT2D eigenvalue weighted by Crippen LogP contribution is -2.63. The van der Waals surface area contributed by atoms with Crippen molar-refractivity contribution < 1.29 is 18.7 Å². The Hall–Kier alpha value is -3.88. The fraction of sp³-hybridized carbons (Fsp3) is 0.469. The maximum absolute atomic E-state index is 14.0. The molecule has 1 aromatic carbocycles. The number of carbonyl (C=O) groups is 1. The first-order chi connectivity index (χ1) is 20.9. The van der Waals surface area contributed by atoms with Crippen LogP contribution in [0.25, 0.3) is 10.1 Å². The Morgan fingerprint density at radius 2 is 2.16 bits per heavy atom. The molecule has 0 bridgehead atoms. The van der Waals surface area contributed by atoms with E-state index in [0.717, 1.165) is 49.3 Å². The Bertz CT molecular complexity index is 1620. The molecule has 0 radical (unpaired) electrons. The first-order valence-corrected chi connectivity index (χ1v) is 15.8. The minimum absolute atomic E-state index is 0.0987. The maximum Gasteiger partial charge on any atom is 0.282 e. The first-order valence-electron chi connectivity index (χ1n) is 14.9. The Morgan fingerprint density at radius 3 is 2.95 bits per heavy atom. The third-order valence-electron chi connectivity index (χ3n) is 9.37. The van der Waals surface area contributed by atoms with Crippen molar-refractivity contribution in [1.82, 2.24) is 14.8 Å². The Kier molecular flexibility index (Phi) is 7.35. The molecule has 1 unspecified atom stereocenters. The van der Waals surface area contributed by atoms with Crippen LogP contribution in [0, 0.1) is 11.3 Å². The largest absolute Gasteiger partial charge is 0.484 e. The lowest BCUT2D eigenvalue weighted by Gasteiger charge is -2.50. The topological polar surface area (TPSA) is 85.2 Å². The van der Waals surface area contributed by atoms with Crippen LogP contribution in [0.3, 0.4) is 0 Å². The van der Waals surface area contributed by atoms with Gasteiger partial charge in [0.05, 0.1) is 42.5 Å². The first kappa shape index (κ1) is 27.9. The third-order valence-corrected chi connectivity index (χ3v) is 10.3. The highest BCUT2D eigenvalue weighted by Gasteiger charge is 2.43. The lowest BCUT2D eigenvalue weighted by molar-refractivity contribution is -0.132. The number of likely N-dealkylation sites (N-methyl/N-ethyl adjacent to an activating group) is 1. The summed E-state index contributed by atoms with van der Waals surface area (Å²) >= 11 is 1.74. The van der Waals surface area contributed by atoms with E-state index in [1.807, 2.05) is 0 Å². The van der Waals surface area contributed by atoms with Gasteiger partial charge < -0.3 is 29.1 Å². The molecule has 0 N–H and O–H groups in total. The van der Waals surface area contributed by atoms with Crippen molar-refractivity contribution >= 4 is 38.7 Å². The second-order valence-corrected chi connectivity index (χ2v) is 12.8. The van der Waals surface area contributed by atoms with Crippen molar-refractivity contribution in [3.63, 3.8) is 0 Å². The van der Waals surface area contributed by atoms with Crippen LogP contribution >= 0.6 is 11.3 Å². The fourth-order valence-corrected chi connectivity index (χ4v) is 7.91. The van der Waals surface area contributed by atoms with Crippen molar-refractivity contribution in [3.8, 4) is 17.7 Å². The second kappa shape index (κ2) is 11.3. The molecule has 224 valence electrons. The van der Waals surface area contributed by atoms with Crippen LogP contribution in [0.1, 0.15) is 30.5 Å². The van der Waals surface area contributed by atoms with E-state index < -0.39 is 17.8 Å². The molecule has 3 aromatic rings. The molecule has 9 nitrogen and oxygen atoms in total. The molecule has 2 saturated heterocycles. The van der Waals surface area contributed by atoms with Gasteiger partial charge in [-0.2, -0.15) is 5.26 Å². The third kappa shape index (κ3) is 4.96. The molecule has 2 fully saturated rings. The molecule has 0 aliphatic carbocycles. The van der Waals surface area contributed by atoms with Crippen LogP contribution in [0.2, 0.25) is 0 Å². The van der Waals surface area contributed by atoms with Gasteiger partial charge in [-0.3, -0.25) is 4.79 Å². The van der Waals surface area contributed by atoms with Gasteiger partial charge in [0.15, 0.2) is 5.83 Å². The highest BCUT2D eigenvalue weighted by atomic mass is 32.1. The van der Waals surface area contributed by atoms with E-state index in [4.69, 9.17) is 14.5 Å². The summed E-state index contributed by atoms with van der Waals surface area (Å²) in [6.45, 7) is 7.20. The Morgan fingerprint density at radius 1 is 1.28 bits per heavy atom. The van der Waals surface area contributed by atoms with Crippen molar-refractivity contribution in [1.29, 1.82) is 5.26 Å². The molecule has 11 heteroatoms. The average Bonchev–Trinajstić information content (AvgIpc) is 3.67. The smallest absolute Gasteiger partial charge is 0.282 e. The van der Waals surface area contributed by atoms with E-state index in [9.17, 15) is 14.4 Å². The van der Waals surface area contributed by atoms with E-state index >= 15 is 0 Å². The van der Waals surface area contributed by atoms with Crippen LogP contribution < -0.4 is 19.3 Å². The predicted octanol–water partition coefficient (Wildman–Crippen LogP) is 4.51. The number of aromatic nitrogens is 1. The number of fused-ring (bicyclic) bond motifs is 6. The van der Waals surface area contributed by atoms with E-state index in [1.165, 1.54) is 20.7 Å². The summed E-state index contributed by atoms with van der Waals surface area (Å²) in [5.41, 5.74) is 4.20. The lowest BCUT2D eigenvalue weighted by atomic mass is 9.95. The number of anilines is 2. The Labute approximate surface area is 254 Å². The predicted molar refractivity (Wildman–Crippen MR) is 165 cm³/mol. The monoisotopic (exact) mass is 602 g/mol. The van der Waals surface area contributed by atoms with Crippen LogP contribution in [0.15, 0.2) is 42.1 Å². The summed E-state index contributed by atoms with van der Waals surface area (Å²) in [6.07, 6.45) is 3.09. The van der Waals surface area contributed by atoms with Gasteiger partial charge >= 0.3 is 0 Å². The van der Waals surface area contributed by atoms with Crippen molar-refractivity contribution in [2.75, 3.05) is 56.2 Å². The van der Waals surface area contributed by atoms with Gasteiger partial charge in [0, 0.05) is 47.0 Å². The summed E-state index contributed by atoms with van der Waals surface area (Å²) in [4.78, 5) is 26.2. The Balaban J connectivity index is 1.27. The number of hydrogen-bond acceptors (Lipinski definition) is 9. The summed E-state index contributed by atoms with van der Waals surface area (Å²) in [7, 11) is 2.13. The molecule has 4 aliphatic heterocycles. The number of thiophene rings is 1. The summed E-state index contributed by atoms with van der Waals surface area (Å²) in [6, 6.07) is 10.5. The minimum Gasteiger partial charge on any atom is -0.484 e. The number of ether oxygens (including phenoxy) is 2.